The number of rotatable bonds is 2. The minimum atomic E-state index is -0.928. The Bertz CT molecular complexity index is 362. The Labute approximate surface area is 106 Å². The van der Waals surface area contributed by atoms with Gasteiger partial charge in [0.25, 0.3) is 0 Å². The highest BCUT2D eigenvalue weighted by atomic mass is 16.6. The second-order valence-electron chi connectivity index (χ2n) is 5.83. The second kappa shape index (κ2) is 4.42. The first-order chi connectivity index (χ1) is 8.28. The molecule has 0 aliphatic carbocycles. The summed E-state index contributed by atoms with van der Waals surface area (Å²) in [6, 6.07) is -0.490. The Balaban J connectivity index is 2.00. The van der Waals surface area contributed by atoms with Gasteiger partial charge in [0.15, 0.2) is 0 Å². The largest absolute Gasteiger partial charge is 0.481 e. The molecule has 18 heavy (non-hydrogen) atoms. The third kappa shape index (κ3) is 2.58. The fourth-order valence-corrected chi connectivity index (χ4v) is 2.62. The first-order valence-electron chi connectivity index (χ1n) is 6.16. The Morgan fingerprint density at radius 3 is 2.44 bits per heavy atom. The van der Waals surface area contributed by atoms with Crippen molar-refractivity contribution in [1.82, 2.24) is 5.32 Å². The van der Waals surface area contributed by atoms with E-state index < -0.39 is 29.6 Å². The zero-order valence-corrected chi connectivity index (χ0v) is 10.8. The van der Waals surface area contributed by atoms with E-state index in [0.29, 0.717) is 0 Å². The summed E-state index contributed by atoms with van der Waals surface area (Å²) >= 11 is 0. The zero-order valence-electron chi connectivity index (χ0n) is 10.8. The van der Waals surface area contributed by atoms with Crippen LogP contribution in [0.2, 0.25) is 0 Å². The number of aliphatic carboxylic acids is 1. The van der Waals surface area contributed by atoms with Crippen LogP contribution in [0.4, 0.5) is 4.79 Å². The number of carbonyl (C=O) groups is 2. The van der Waals surface area contributed by atoms with Gasteiger partial charge < -0.3 is 19.9 Å². The summed E-state index contributed by atoms with van der Waals surface area (Å²) in [4.78, 5) is 22.9. The fraction of sp³-hybridized carbons (Fsp3) is 0.833. The molecule has 2 heterocycles. The van der Waals surface area contributed by atoms with Crippen molar-refractivity contribution in [2.24, 2.45) is 5.92 Å². The van der Waals surface area contributed by atoms with Gasteiger partial charge in [0.2, 0.25) is 0 Å². The highest BCUT2D eigenvalue weighted by Crippen LogP contribution is 2.39. The van der Waals surface area contributed by atoms with E-state index in [9.17, 15) is 14.7 Å². The molecule has 0 aromatic carbocycles. The molecule has 2 N–H and O–H groups in total. The van der Waals surface area contributed by atoms with E-state index in [4.69, 9.17) is 9.47 Å². The Kier molecular flexibility index (Phi) is 3.23. The van der Waals surface area contributed by atoms with E-state index in [1.807, 2.05) is 0 Å². The number of alkyl carbamates (subject to hydrolysis) is 1. The lowest BCUT2D eigenvalue weighted by molar-refractivity contribution is -0.144. The number of carboxylic acids is 1. The predicted octanol–water partition coefficient (Wildman–Crippen LogP) is 1.14. The van der Waals surface area contributed by atoms with E-state index in [2.05, 4.69) is 5.32 Å². The summed E-state index contributed by atoms with van der Waals surface area (Å²) in [6.07, 6.45) is 0.453. The molecule has 6 nitrogen and oxygen atoms in total. The van der Waals surface area contributed by atoms with Crippen molar-refractivity contribution >= 4 is 12.1 Å². The molecule has 2 aliphatic rings. The number of ether oxygens (including phenoxy) is 2. The monoisotopic (exact) mass is 257 g/mol. The van der Waals surface area contributed by atoms with Crippen LogP contribution in [-0.4, -0.2) is 41.0 Å². The normalized spacial score (nSPS) is 34.4. The number of fused-ring (bicyclic) bond motifs is 2. The van der Waals surface area contributed by atoms with Crippen LogP contribution >= 0.6 is 0 Å². The predicted molar refractivity (Wildman–Crippen MR) is 62.2 cm³/mol. The second-order valence-corrected chi connectivity index (χ2v) is 5.83. The van der Waals surface area contributed by atoms with Gasteiger partial charge in [0, 0.05) is 0 Å². The Morgan fingerprint density at radius 1 is 1.28 bits per heavy atom. The average molecular weight is 257 g/mol. The number of carboxylic acid groups (broad SMARTS) is 1. The van der Waals surface area contributed by atoms with E-state index in [1.165, 1.54) is 0 Å². The minimum Gasteiger partial charge on any atom is -0.481 e. The van der Waals surface area contributed by atoms with Crippen LogP contribution in [-0.2, 0) is 14.3 Å². The van der Waals surface area contributed by atoms with Gasteiger partial charge in [-0.05, 0) is 33.6 Å². The van der Waals surface area contributed by atoms with Gasteiger partial charge in [-0.15, -0.1) is 0 Å². The number of hydrogen-bond acceptors (Lipinski definition) is 4. The molecular formula is C12H19NO5. The smallest absolute Gasteiger partial charge is 0.407 e. The van der Waals surface area contributed by atoms with E-state index in [0.717, 1.165) is 12.8 Å². The number of nitrogens with one attached hydrogen (secondary N) is 1. The van der Waals surface area contributed by atoms with Crippen molar-refractivity contribution in [1.29, 1.82) is 0 Å². The molecule has 0 unspecified atom stereocenters. The molecule has 1 amide bonds. The first kappa shape index (κ1) is 13.1. The molecule has 2 bridgehead atoms. The molecule has 2 saturated heterocycles. The summed E-state index contributed by atoms with van der Waals surface area (Å²) in [7, 11) is 0. The van der Waals surface area contributed by atoms with E-state index in [-0.39, 0.29) is 12.2 Å². The van der Waals surface area contributed by atoms with Crippen LogP contribution in [0.5, 0.6) is 0 Å². The van der Waals surface area contributed by atoms with Crippen LogP contribution in [0.1, 0.15) is 33.6 Å². The van der Waals surface area contributed by atoms with Gasteiger partial charge in [-0.1, -0.05) is 0 Å². The minimum absolute atomic E-state index is 0.205. The van der Waals surface area contributed by atoms with E-state index >= 15 is 0 Å². The highest BCUT2D eigenvalue weighted by Gasteiger charge is 2.53. The number of hydrogen-bond donors (Lipinski definition) is 2. The quantitative estimate of drug-likeness (QED) is 0.775. The van der Waals surface area contributed by atoms with Gasteiger partial charge in [-0.25, -0.2) is 4.79 Å². The van der Waals surface area contributed by atoms with Crippen molar-refractivity contribution in [3.05, 3.63) is 0 Å². The van der Waals surface area contributed by atoms with Gasteiger partial charge in [0.05, 0.1) is 18.2 Å². The molecule has 4 atom stereocenters. The summed E-state index contributed by atoms with van der Waals surface area (Å²) < 4.78 is 10.7. The van der Waals surface area contributed by atoms with Crippen molar-refractivity contribution in [2.75, 3.05) is 0 Å². The molecule has 0 radical (unpaired) electrons. The summed E-state index contributed by atoms with van der Waals surface area (Å²) in [5.41, 5.74) is -0.596. The van der Waals surface area contributed by atoms with Crippen molar-refractivity contribution in [3.63, 3.8) is 0 Å². The maximum absolute atomic E-state index is 11.7. The highest BCUT2D eigenvalue weighted by molar-refractivity contribution is 5.75. The fourth-order valence-electron chi connectivity index (χ4n) is 2.62. The molecule has 102 valence electrons. The summed E-state index contributed by atoms with van der Waals surface area (Å²) in [5.74, 6) is -1.60. The van der Waals surface area contributed by atoms with Crippen molar-refractivity contribution in [3.8, 4) is 0 Å². The Morgan fingerprint density at radius 2 is 1.89 bits per heavy atom. The number of amides is 1. The molecule has 2 rings (SSSR count). The summed E-state index contributed by atoms with van der Waals surface area (Å²) in [5, 5.41) is 11.8. The van der Waals surface area contributed by atoms with Crippen LogP contribution in [0.3, 0.4) is 0 Å². The van der Waals surface area contributed by atoms with Crippen molar-refractivity contribution < 1.29 is 24.2 Å². The maximum atomic E-state index is 11.7. The standard InChI is InChI=1S/C12H19NO5/c1-12(2,3)18-11(16)13-9-7-5-4-6(17-7)8(9)10(14)15/h6-9H,4-5H2,1-3H3,(H,13,16)(H,14,15)/t6-,7+,8+,9-/m1/s1. The molecule has 0 aromatic heterocycles. The van der Waals surface area contributed by atoms with Gasteiger partial charge in [0.1, 0.15) is 11.5 Å². The van der Waals surface area contributed by atoms with Gasteiger partial charge in [-0.2, -0.15) is 0 Å². The average Bonchev–Trinajstić information content (AvgIpc) is 2.73. The van der Waals surface area contributed by atoms with Crippen LogP contribution in [0, 0.1) is 5.92 Å². The lowest BCUT2D eigenvalue weighted by atomic mass is 9.84. The molecular weight excluding hydrogens is 238 g/mol. The van der Waals surface area contributed by atoms with Crippen molar-refractivity contribution in [2.45, 2.75) is 57.5 Å². The first-order valence-corrected chi connectivity index (χ1v) is 6.16. The molecule has 2 fully saturated rings. The summed E-state index contributed by atoms with van der Waals surface area (Å²) in [6.45, 7) is 5.29. The Hall–Kier alpha value is -1.30. The molecule has 2 aliphatic heterocycles. The zero-order chi connectivity index (χ0) is 13.5. The van der Waals surface area contributed by atoms with E-state index in [1.54, 1.807) is 20.8 Å². The van der Waals surface area contributed by atoms with Crippen LogP contribution < -0.4 is 5.32 Å². The molecule has 6 heteroatoms. The molecule has 0 saturated carbocycles. The number of carbonyl (C=O) groups excluding carboxylic acids is 1. The van der Waals surface area contributed by atoms with Crippen LogP contribution in [0.25, 0.3) is 0 Å². The lowest BCUT2D eigenvalue weighted by Crippen LogP contribution is -2.50. The third-order valence-corrected chi connectivity index (χ3v) is 3.24. The van der Waals surface area contributed by atoms with Crippen LogP contribution in [0.15, 0.2) is 0 Å². The molecule has 0 spiro atoms. The van der Waals surface area contributed by atoms with Gasteiger partial charge in [-0.3, -0.25) is 4.79 Å². The maximum Gasteiger partial charge on any atom is 0.407 e. The van der Waals surface area contributed by atoms with Gasteiger partial charge >= 0.3 is 12.1 Å². The molecule has 0 aromatic rings. The lowest BCUT2D eigenvalue weighted by Gasteiger charge is -2.27. The topological polar surface area (TPSA) is 84.9 Å². The third-order valence-electron chi connectivity index (χ3n) is 3.24. The SMILES string of the molecule is CC(C)(C)OC(=O)N[C@H]1[C@@H](C(=O)O)[C@H]2CC[C@@H]1O2.